The van der Waals surface area contributed by atoms with E-state index >= 15 is 0 Å². The van der Waals surface area contributed by atoms with Crippen LogP contribution in [0.4, 0.5) is 10.5 Å². The highest BCUT2D eigenvalue weighted by Crippen LogP contribution is 2.33. The molecular weight excluding hydrogens is 358 g/mol. The van der Waals surface area contributed by atoms with Crippen molar-refractivity contribution in [1.82, 2.24) is 20.1 Å². The van der Waals surface area contributed by atoms with Crippen LogP contribution in [0.2, 0.25) is 0 Å². The average Bonchev–Trinajstić information content (AvgIpc) is 3.40. The van der Waals surface area contributed by atoms with E-state index in [0.29, 0.717) is 30.6 Å². The fraction of sp³-hybridized carbons (Fsp3) is 0.300. The zero-order valence-corrected chi connectivity index (χ0v) is 15.5. The van der Waals surface area contributed by atoms with Crippen molar-refractivity contribution in [3.63, 3.8) is 0 Å². The number of benzene rings is 1. The number of likely N-dealkylation sites (tertiary alicyclic amines) is 1. The number of carbonyl (C=O) groups is 1. The van der Waals surface area contributed by atoms with Crippen molar-refractivity contribution in [1.29, 1.82) is 0 Å². The topological polar surface area (TPSA) is 93.4 Å². The first-order valence-electron chi connectivity index (χ1n) is 9.29. The van der Waals surface area contributed by atoms with Gasteiger partial charge in [-0.3, -0.25) is 4.98 Å². The van der Waals surface area contributed by atoms with Crippen molar-refractivity contribution in [2.24, 2.45) is 0 Å². The zero-order valence-electron chi connectivity index (χ0n) is 15.5. The molecule has 2 amide bonds. The molecule has 1 saturated heterocycles. The van der Waals surface area contributed by atoms with Gasteiger partial charge >= 0.3 is 6.03 Å². The number of aromatic nitrogens is 3. The maximum Gasteiger partial charge on any atom is 0.322 e. The number of anilines is 1. The lowest BCUT2D eigenvalue weighted by Crippen LogP contribution is -2.34. The summed E-state index contributed by atoms with van der Waals surface area (Å²) < 4.78 is 11.3. The Morgan fingerprint density at radius 2 is 2.14 bits per heavy atom. The number of urea groups is 1. The number of ether oxygens (including phenoxy) is 1. The Morgan fingerprint density at radius 3 is 2.89 bits per heavy atom. The van der Waals surface area contributed by atoms with Crippen LogP contribution in [-0.2, 0) is 0 Å². The minimum atomic E-state index is -0.236. The molecule has 0 saturated carbocycles. The van der Waals surface area contributed by atoms with Crippen molar-refractivity contribution in [2.45, 2.75) is 25.8 Å². The number of pyridine rings is 1. The number of carbonyl (C=O) groups excluding carboxylic acids is 1. The Labute approximate surface area is 162 Å². The van der Waals surface area contributed by atoms with Gasteiger partial charge in [0.15, 0.2) is 0 Å². The summed E-state index contributed by atoms with van der Waals surface area (Å²) in [7, 11) is 0. The normalized spacial score (nSPS) is 16.2. The van der Waals surface area contributed by atoms with Crippen LogP contribution in [0.25, 0.3) is 11.5 Å². The van der Waals surface area contributed by atoms with Crippen LogP contribution in [0, 0.1) is 0 Å². The van der Waals surface area contributed by atoms with Gasteiger partial charge in [0.2, 0.25) is 11.8 Å². The number of hydrogen-bond donors (Lipinski definition) is 1. The molecule has 1 aliphatic heterocycles. The number of amides is 2. The molecule has 2 aromatic heterocycles. The molecule has 0 bridgehead atoms. The van der Waals surface area contributed by atoms with Crippen molar-refractivity contribution in [3.8, 4) is 17.2 Å². The maximum absolute atomic E-state index is 12.8. The summed E-state index contributed by atoms with van der Waals surface area (Å²) >= 11 is 0. The van der Waals surface area contributed by atoms with Gasteiger partial charge in [0, 0.05) is 24.6 Å². The standard InChI is InChI=1S/C20H21N5O3/c1-2-27-16-9-7-15(8-10-16)22-20(26)25-12-4-6-17(25)19-24-23-18(28-19)14-5-3-11-21-13-14/h3,5,7-11,13,17H,2,4,6,12H2,1H3,(H,22,26). The van der Waals surface area contributed by atoms with E-state index in [9.17, 15) is 4.79 Å². The number of nitrogens with zero attached hydrogens (tertiary/aromatic N) is 4. The average molecular weight is 379 g/mol. The highest BCUT2D eigenvalue weighted by molar-refractivity contribution is 5.89. The second-order valence-electron chi connectivity index (χ2n) is 6.43. The quantitative estimate of drug-likeness (QED) is 0.723. The first kappa shape index (κ1) is 18.0. The first-order valence-corrected chi connectivity index (χ1v) is 9.29. The fourth-order valence-corrected chi connectivity index (χ4v) is 3.24. The molecule has 8 heteroatoms. The Hall–Kier alpha value is -3.42. The molecule has 0 aliphatic carbocycles. The molecule has 0 spiro atoms. The van der Waals surface area contributed by atoms with Crippen molar-refractivity contribution in [3.05, 3.63) is 54.7 Å². The smallest absolute Gasteiger partial charge is 0.322 e. The van der Waals surface area contributed by atoms with Crippen LogP contribution in [0.1, 0.15) is 31.7 Å². The summed E-state index contributed by atoms with van der Waals surface area (Å²) in [5, 5.41) is 11.2. The van der Waals surface area contributed by atoms with Crippen LogP contribution in [-0.4, -0.2) is 39.3 Å². The molecule has 1 aliphatic rings. The molecule has 1 unspecified atom stereocenters. The second kappa shape index (κ2) is 8.08. The first-order chi connectivity index (χ1) is 13.7. The Kier molecular flexibility index (Phi) is 5.18. The monoisotopic (exact) mass is 379 g/mol. The summed E-state index contributed by atoms with van der Waals surface area (Å²) in [6.45, 7) is 3.17. The van der Waals surface area contributed by atoms with E-state index in [1.807, 2.05) is 43.3 Å². The van der Waals surface area contributed by atoms with Crippen molar-refractivity contribution in [2.75, 3.05) is 18.5 Å². The lowest BCUT2D eigenvalue weighted by atomic mass is 10.2. The molecule has 4 rings (SSSR count). The highest BCUT2D eigenvalue weighted by atomic mass is 16.5. The highest BCUT2D eigenvalue weighted by Gasteiger charge is 2.34. The summed E-state index contributed by atoms with van der Waals surface area (Å²) in [6.07, 6.45) is 5.02. The van der Waals surface area contributed by atoms with E-state index in [2.05, 4.69) is 20.5 Å². The van der Waals surface area contributed by atoms with Crippen molar-refractivity contribution < 1.29 is 13.9 Å². The van der Waals surface area contributed by atoms with Gasteiger partial charge in [-0.05, 0) is 56.2 Å². The SMILES string of the molecule is CCOc1ccc(NC(=O)N2CCCC2c2nnc(-c3cccnc3)o2)cc1. The summed E-state index contributed by atoms with van der Waals surface area (Å²) in [5.41, 5.74) is 1.46. The molecular formula is C20H21N5O3. The van der Waals surface area contributed by atoms with Crippen LogP contribution in [0.5, 0.6) is 5.75 Å². The predicted molar refractivity (Wildman–Crippen MR) is 103 cm³/mol. The van der Waals surface area contributed by atoms with Gasteiger partial charge in [0.1, 0.15) is 11.8 Å². The van der Waals surface area contributed by atoms with E-state index in [1.165, 1.54) is 0 Å². The minimum Gasteiger partial charge on any atom is -0.494 e. The number of hydrogen-bond acceptors (Lipinski definition) is 6. The molecule has 3 heterocycles. The van der Waals surface area contributed by atoms with E-state index in [1.54, 1.807) is 17.3 Å². The van der Waals surface area contributed by atoms with E-state index in [-0.39, 0.29) is 12.1 Å². The Balaban J connectivity index is 1.46. The third kappa shape index (κ3) is 3.80. The molecule has 1 aromatic carbocycles. The van der Waals surface area contributed by atoms with Gasteiger partial charge in [0.25, 0.3) is 0 Å². The van der Waals surface area contributed by atoms with Crippen LogP contribution < -0.4 is 10.1 Å². The van der Waals surface area contributed by atoms with Crippen LogP contribution in [0.15, 0.2) is 53.2 Å². The second-order valence-corrected chi connectivity index (χ2v) is 6.43. The van der Waals surface area contributed by atoms with E-state index in [0.717, 1.165) is 24.2 Å². The molecule has 144 valence electrons. The molecule has 1 fully saturated rings. The summed E-state index contributed by atoms with van der Waals surface area (Å²) in [4.78, 5) is 18.6. The number of rotatable bonds is 5. The third-order valence-corrected chi connectivity index (χ3v) is 4.56. The third-order valence-electron chi connectivity index (χ3n) is 4.56. The van der Waals surface area contributed by atoms with E-state index < -0.39 is 0 Å². The van der Waals surface area contributed by atoms with Gasteiger partial charge in [-0.25, -0.2) is 4.79 Å². The lowest BCUT2D eigenvalue weighted by Gasteiger charge is -2.22. The molecule has 8 nitrogen and oxygen atoms in total. The van der Waals surface area contributed by atoms with Crippen molar-refractivity contribution >= 4 is 11.7 Å². The van der Waals surface area contributed by atoms with Gasteiger partial charge in [0.05, 0.1) is 12.2 Å². The van der Waals surface area contributed by atoms with Gasteiger partial charge in [-0.2, -0.15) is 0 Å². The summed E-state index contributed by atoms with van der Waals surface area (Å²) in [6, 6.07) is 10.5. The molecule has 3 aromatic rings. The predicted octanol–water partition coefficient (Wildman–Crippen LogP) is 3.90. The summed E-state index contributed by atoms with van der Waals surface area (Å²) in [5.74, 6) is 1.62. The van der Waals surface area contributed by atoms with Gasteiger partial charge < -0.3 is 19.4 Å². The Morgan fingerprint density at radius 1 is 1.29 bits per heavy atom. The molecule has 28 heavy (non-hydrogen) atoms. The van der Waals surface area contributed by atoms with E-state index in [4.69, 9.17) is 9.15 Å². The minimum absolute atomic E-state index is 0.187. The maximum atomic E-state index is 12.8. The van der Waals surface area contributed by atoms with Gasteiger partial charge in [-0.1, -0.05) is 0 Å². The van der Waals surface area contributed by atoms with Crippen LogP contribution >= 0.6 is 0 Å². The molecule has 1 N–H and O–H groups in total. The number of nitrogens with one attached hydrogen (secondary N) is 1. The molecule has 0 radical (unpaired) electrons. The fourth-order valence-electron chi connectivity index (χ4n) is 3.24. The zero-order chi connectivity index (χ0) is 19.3. The lowest BCUT2D eigenvalue weighted by molar-refractivity contribution is 0.198. The van der Waals surface area contributed by atoms with Gasteiger partial charge in [-0.15, -0.1) is 10.2 Å². The van der Waals surface area contributed by atoms with Crippen LogP contribution in [0.3, 0.4) is 0 Å². The Bertz CT molecular complexity index is 927. The molecule has 1 atom stereocenters. The largest absolute Gasteiger partial charge is 0.494 e.